The van der Waals surface area contributed by atoms with Crippen LogP contribution in [-0.2, 0) is 23.7 Å². The van der Waals surface area contributed by atoms with Crippen LogP contribution in [0.1, 0.15) is 6.92 Å². The van der Waals surface area contributed by atoms with Crippen molar-refractivity contribution in [2.75, 3.05) is 20.8 Å². The van der Waals surface area contributed by atoms with E-state index in [1.54, 1.807) is 7.11 Å². The number of hydrogen-bond acceptors (Lipinski definition) is 5. The molecule has 2 aliphatic heterocycles. The standard InChI is InChI=1S/C9H14O5/c1-5-6-7(12-3)9(14-5,4-11-2)8(10)13-6/h5-7H,4H2,1-3H3/t5-,6?,7?,9-/m0/s1. The molecule has 5 nitrogen and oxygen atoms in total. The zero-order valence-corrected chi connectivity index (χ0v) is 8.48. The Morgan fingerprint density at radius 1 is 1.50 bits per heavy atom. The topological polar surface area (TPSA) is 54.0 Å². The summed E-state index contributed by atoms with van der Waals surface area (Å²) in [5, 5.41) is 0. The number of methoxy groups -OCH3 is 2. The molecule has 0 aromatic rings. The van der Waals surface area contributed by atoms with Gasteiger partial charge in [-0.2, -0.15) is 0 Å². The van der Waals surface area contributed by atoms with Crippen LogP contribution in [0.4, 0.5) is 0 Å². The Hall–Kier alpha value is -0.650. The average molecular weight is 202 g/mol. The molecule has 0 aromatic carbocycles. The largest absolute Gasteiger partial charge is 0.454 e. The summed E-state index contributed by atoms with van der Waals surface area (Å²) in [6.07, 6.45) is -0.791. The van der Waals surface area contributed by atoms with Gasteiger partial charge in [0, 0.05) is 14.2 Å². The maximum atomic E-state index is 11.6. The molecule has 0 N–H and O–H groups in total. The van der Waals surface area contributed by atoms with Crippen LogP contribution >= 0.6 is 0 Å². The second-order valence-electron chi connectivity index (χ2n) is 3.67. The number of ether oxygens (including phenoxy) is 4. The molecule has 0 spiro atoms. The minimum Gasteiger partial charge on any atom is -0.454 e. The van der Waals surface area contributed by atoms with Crippen molar-refractivity contribution in [2.45, 2.75) is 30.8 Å². The summed E-state index contributed by atoms with van der Waals surface area (Å²) in [5.41, 5.74) is -1.05. The molecule has 0 radical (unpaired) electrons. The molecule has 2 unspecified atom stereocenters. The quantitative estimate of drug-likeness (QED) is 0.590. The number of esters is 1. The smallest absolute Gasteiger partial charge is 0.344 e. The van der Waals surface area contributed by atoms with Gasteiger partial charge in [0.1, 0.15) is 6.10 Å². The summed E-state index contributed by atoms with van der Waals surface area (Å²) < 4.78 is 21.0. The predicted octanol–water partition coefficient (Wildman–Crippen LogP) is -0.269. The maximum absolute atomic E-state index is 11.6. The van der Waals surface area contributed by atoms with Crippen molar-refractivity contribution in [3.63, 3.8) is 0 Å². The molecule has 2 fully saturated rings. The summed E-state index contributed by atoms with van der Waals surface area (Å²) in [6, 6.07) is 0. The lowest BCUT2D eigenvalue weighted by Gasteiger charge is -2.26. The van der Waals surface area contributed by atoms with E-state index in [9.17, 15) is 4.79 Å². The van der Waals surface area contributed by atoms with Crippen molar-refractivity contribution in [3.05, 3.63) is 0 Å². The minimum absolute atomic E-state index is 0.132. The highest BCUT2D eigenvalue weighted by atomic mass is 16.7. The van der Waals surface area contributed by atoms with Crippen LogP contribution in [0.15, 0.2) is 0 Å². The second-order valence-corrected chi connectivity index (χ2v) is 3.67. The Morgan fingerprint density at radius 2 is 2.21 bits per heavy atom. The number of carbonyl (C=O) groups excluding carboxylic acids is 1. The van der Waals surface area contributed by atoms with E-state index in [0.29, 0.717) is 0 Å². The van der Waals surface area contributed by atoms with Gasteiger partial charge in [-0.1, -0.05) is 0 Å². The molecule has 2 rings (SSSR count). The third-order valence-corrected chi connectivity index (χ3v) is 2.82. The molecule has 0 saturated carbocycles. The molecule has 2 bridgehead atoms. The lowest BCUT2D eigenvalue weighted by molar-refractivity contribution is -0.191. The van der Waals surface area contributed by atoms with Gasteiger partial charge in [-0.05, 0) is 6.92 Å². The van der Waals surface area contributed by atoms with Crippen LogP contribution in [0.2, 0.25) is 0 Å². The number of rotatable bonds is 3. The van der Waals surface area contributed by atoms with E-state index in [-0.39, 0.29) is 30.9 Å². The Kier molecular flexibility index (Phi) is 2.25. The average Bonchev–Trinajstić information content (AvgIpc) is 2.54. The molecule has 80 valence electrons. The van der Waals surface area contributed by atoms with E-state index in [1.165, 1.54) is 7.11 Å². The summed E-state index contributed by atoms with van der Waals surface area (Å²) in [6.45, 7) is 2.03. The fraction of sp³-hybridized carbons (Fsp3) is 0.889. The molecule has 2 saturated heterocycles. The first kappa shape index (κ1) is 9.89. The van der Waals surface area contributed by atoms with Crippen LogP contribution in [-0.4, -0.2) is 50.7 Å². The SMILES string of the molecule is COC[C@@]12O[C@@H](C)C(OC1=O)C2OC. The molecule has 4 atom stereocenters. The van der Waals surface area contributed by atoms with Crippen molar-refractivity contribution in [3.8, 4) is 0 Å². The van der Waals surface area contributed by atoms with Gasteiger partial charge >= 0.3 is 5.97 Å². The second kappa shape index (κ2) is 3.18. The zero-order chi connectivity index (χ0) is 10.3. The van der Waals surface area contributed by atoms with Gasteiger partial charge in [0.2, 0.25) is 5.60 Å². The van der Waals surface area contributed by atoms with Gasteiger partial charge < -0.3 is 18.9 Å². The van der Waals surface area contributed by atoms with E-state index in [2.05, 4.69) is 0 Å². The van der Waals surface area contributed by atoms with Crippen LogP contribution in [0, 0.1) is 0 Å². The molecule has 5 heteroatoms. The van der Waals surface area contributed by atoms with Crippen LogP contribution in [0.5, 0.6) is 0 Å². The van der Waals surface area contributed by atoms with E-state index in [1.807, 2.05) is 6.92 Å². The fourth-order valence-electron chi connectivity index (χ4n) is 2.24. The molecule has 2 aliphatic rings. The third-order valence-electron chi connectivity index (χ3n) is 2.82. The van der Waals surface area contributed by atoms with E-state index >= 15 is 0 Å². The number of fused-ring (bicyclic) bond motifs is 2. The third kappa shape index (κ3) is 1.03. The van der Waals surface area contributed by atoms with Crippen molar-refractivity contribution < 1.29 is 23.7 Å². The van der Waals surface area contributed by atoms with Crippen molar-refractivity contribution in [1.82, 2.24) is 0 Å². The first-order valence-corrected chi connectivity index (χ1v) is 4.56. The van der Waals surface area contributed by atoms with Crippen molar-refractivity contribution >= 4 is 5.97 Å². The first-order chi connectivity index (χ1) is 6.65. The highest BCUT2D eigenvalue weighted by Crippen LogP contribution is 2.42. The Labute approximate surface area is 82.3 Å². The van der Waals surface area contributed by atoms with E-state index < -0.39 is 5.60 Å². The zero-order valence-electron chi connectivity index (χ0n) is 8.48. The Morgan fingerprint density at radius 3 is 2.79 bits per heavy atom. The molecule has 0 aromatic heterocycles. The lowest BCUT2D eigenvalue weighted by atomic mass is 9.99. The van der Waals surface area contributed by atoms with Gasteiger partial charge in [0.05, 0.1) is 12.7 Å². The molecule has 0 aliphatic carbocycles. The van der Waals surface area contributed by atoms with Gasteiger partial charge in [0.15, 0.2) is 6.10 Å². The van der Waals surface area contributed by atoms with Gasteiger partial charge in [-0.15, -0.1) is 0 Å². The highest BCUT2D eigenvalue weighted by molar-refractivity contribution is 5.84. The summed E-state index contributed by atoms with van der Waals surface area (Å²) in [4.78, 5) is 11.6. The van der Waals surface area contributed by atoms with Crippen LogP contribution in [0.3, 0.4) is 0 Å². The van der Waals surface area contributed by atoms with E-state index in [0.717, 1.165) is 0 Å². The summed E-state index contributed by atoms with van der Waals surface area (Å²) in [5.74, 6) is -0.380. The predicted molar refractivity (Wildman–Crippen MR) is 45.8 cm³/mol. The van der Waals surface area contributed by atoms with Gasteiger partial charge in [0.25, 0.3) is 0 Å². The van der Waals surface area contributed by atoms with Crippen LogP contribution in [0.25, 0.3) is 0 Å². The first-order valence-electron chi connectivity index (χ1n) is 4.56. The number of hydrogen-bond donors (Lipinski definition) is 0. The van der Waals surface area contributed by atoms with Crippen LogP contribution < -0.4 is 0 Å². The highest BCUT2D eigenvalue weighted by Gasteiger charge is 2.67. The van der Waals surface area contributed by atoms with E-state index in [4.69, 9.17) is 18.9 Å². The summed E-state index contributed by atoms with van der Waals surface area (Å²) >= 11 is 0. The molecular formula is C9H14O5. The minimum atomic E-state index is -1.05. The monoisotopic (exact) mass is 202 g/mol. The van der Waals surface area contributed by atoms with Gasteiger partial charge in [-0.3, -0.25) is 0 Å². The number of carbonyl (C=O) groups is 1. The lowest BCUT2D eigenvalue weighted by Crippen LogP contribution is -2.49. The molecular weight excluding hydrogens is 188 g/mol. The molecule has 0 amide bonds. The Balaban J connectivity index is 2.29. The van der Waals surface area contributed by atoms with Crippen molar-refractivity contribution in [1.29, 1.82) is 0 Å². The molecule has 14 heavy (non-hydrogen) atoms. The Bertz CT molecular complexity index is 254. The normalized spacial score (nSPS) is 45.6. The molecule has 2 heterocycles. The summed E-state index contributed by atoms with van der Waals surface area (Å²) in [7, 11) is 3.07. The fourth-order valence-corrected chi connectivity index (χ4v) is 2.24. The van der Waals surface area contributed by atoms with Crippen molar-refractivity contribution in [2.24, 2.45) is 0 Å². The van der Waals surface area contributed by atoms with Gasteiger partial charge in [-0.25, -0.2) is 4.79 Å². The maximum Gasteiger partial charge on any atom is 0.344 e.